The first kappa shape index (κ1) is 27.0. The lowest BCUT2D eigenvalue weighted by Crippen LogP contribution is -2.53. The maximum atomic E-state index is 13.2. The molecule has 196 valence electrons. The average Bonchev–Trinajstić information content (AvgIpc) is 2.87. The zero-order chi connectivity index (χ0) is 26.7. The Hall–Kier alpha value is -3.07. The second kappa shape index (κ2) is 11.5. The fourth-order valence-electron chi connectivity index (χ4n) is 4.57. The number of likely N-dealkylation sites (N-methyl/N-ethyl adjacent to an activating group) is 1. The number of aryl methyl sites for hydroxylation is 1. The Bertz CT molecular complexity index is 1220. The van der Waals surface area contributed by atoms with E-state index in [1.807, 2.05) is 36.1 Å². The van der Waals surface area contributed by atoms with Crippen molar-refractivity contribution in [1.82, 2.24) is 20.0 Å². The van der Waals surface area contributed by atoms with E-state index in [0.717, 1.165) is 5.56 Å². The van der Waals surface area contributed by atoms with Crippen molar-refractivity contribution in [2.24, 2.45) is 0 Å². The summed E-state index contributed by atoms with van der Waals surface area (Å²) in [5, 5.41) is 3.66. The van der Waals surface area contributed by atoms with Gasteiger partial charge in [0, 0.05) is 61.1 Å². The number of esters is 1. The Balaban J connectivity index is 1.58. The third-order valence-corrected chi connectivity index (χ3v) is 7.24. The third-order valence-electron chi connectivity index (χ3n) is 6.68. The molecule has 2 aliphatic rings. The van der Waals surface area contributed by atoms with E-state index in [2.05, 4.69) is 10.2 Å². The summed E-state index contributed by atoms with van der Waals surface area (Å²) in [6.07, 6.45) is 0. The van der Waals surface area contributed by atoms with Gasteiger partial charge in [-0.3, -0.25) is 14.6 Å². The lowest BCUT2D eigenvalue weighted by Gasteiger charge is -2.39. The smallest absolute Gasteiger partial charge is 0.338 e. The summed E-state index contributed by atoms with van der Waals surface area (Å²) in [6.45, 7) is 6.52. The van der Waals surface area contributed by atoms with E-state index in [9.17, 15) is 14.4 Å². The number of hydrogen-bond donors (Lipinski definition) is 1. The molecule has 3 amide bonds. The van der Waals surface area contributed by atoms with Gasteiger partial charge in [0.25, 0.3) is 5.91 Å². The van der Waals surface area contributed by atoms with Gasteiger partial charge >= 0.3 is 12.0 Å². The second-order valence-corrected chi connectivity index (χ2v) is 9.97. The molecule has 2 aliphatic heterocycles. The molecule has 10 heteroatoms. The van der Waals surface area contributed by atoms with Crippen molar-refractivity contribution in [3.05, 3.63) is 80.5 Å². The van der Waals surface area contributed by atoms with Crippen molar-refractivity contribution in [3.8, 4) is 0 Å². The van der Waals surface area contributed by atoms with Crippen LogP contribution in [0.3, 0.4) is 0 Å². The highest BCUT2D eigenvalue weighted by Gasteiger charge is 2.38. The van der Waals surface area contributed by atoms with Crippen LogP contribution >= 0.6 is 23.2 Å². The quantitative estimate of drug-likeness (QED) is 0.549. The normalized spacial score (nSPS) is 18.6. The van der Waals surface area contributed by atoms with Crippen LogP contribution in [-0.2, 0) is 9.53 Å². The van der Waals surface area contributed by atoms with Gasteiger partial charge in [-0.05, 0) is 43.7 Å². The van der Waals surface area contributed by atoms with E-state index >= 15 is 0 Å². The van der Waals surface area contributed by atoms with E-state index in [1.54, 1.807) is 32.2 Å². The number of hydrogen-bond acceptors (Lipinski definition) is 5. The summed E-state index contributed by atoms with van der Waals surface area (Å²) in [7, 11) is 1.63. The SMILES string of the molecule is CCOC(=O)C1=C(CN2CCN(C(=O)c3ccc(C)cc3)CC2)N(C)C(=O)NC1c1ccc(Cl)cc1Cl. The third kappa shape index (κ3) is 5.92. The highest BCUT2D eigenvalue weighted by Crippen LogP contribution is 2.36. The molecule has 37 heavy (non-hydrogen) atoms. The Labute approximate surface area is 226 Å². The van der Waals surface area contributed by atoms with Crippen molar-refractivity contribution < 1.29 is 19.1 Å². The first-order valence-corrected chi connectivity index (χ1v) is 12.9. The van der Waals surface area contributed by atoms with Gasteiger partial charge in [0.05, 0.1) is 18.2 Å². The van der Waals surface area contributed by atoms with Crippen LogP contribution in [0.15, 0.2) is 53.7 Å². The number of ether oxygens (including phenoxy) is 1. The zero-order valence-corrected chi connectivity index (χ0v) is 22.6. The van der Waals surface area contributed by atoms with Crippen LogP contribution in [0.25, 0.3) is 0 Å². The molecule has 1 N–H and O–H groups in total. The number of carbonyl (C=O) groups excluding carboxylic acids is 3. The zero-order valence-electron chi connectivity index (χ0n) is 21.1. The van der Waals surface area contributed by atoms with Gasteiger partial charge < -0.3 is 15.0 Å². The van der Waals surface area contributed by atoms with Gasteiger partial charge in [0.15, 0.2) is 0 Å². The molecule has 2 aromatic carbocycles. The lowest BCUT2D eigenvalue weighted by molar-refractivity contribution is -0.139. The molecule has 1 saturated heterocycles. The van der Waals surface area contributed by atoms with Gasteiger partial charge in [-0.15, -0.1) is 0 Å². The first-order chi connectivity index (χ1) is 17.7. The van der Waals surface area contributed by atoms with Crippen LogP contribution in [0.5, 0.6) is 0 Å². The van der Waals surface area contributed by atoms with Crippen LogP contribution in [0, 0.1) is 6.92 Å². The summed E-state index contributed by atoms with van der Waals surface area (Å²) < 4.78 is 5.39. The predicted octanol–water partition coefficient (Wildman–Crippen LogP) is 4.27. The van der Waals surface area contributed by atoms with Crippen molar-refractivity contribution in [2.45, 2.75) is 19.9 Å². The Morgan fingerprint density at radius 3 is 2.35 bits per heavy atom. The summed E-state index contributed by atoms with van der Waals surface area (Å²) in [5.41, 5.74) is 3.19. The molecular formula is C27H30Cl2N4O4. The van der Waals surface area contributed by atoms with Crippen molar-refractivity contribution >= 4 is 41.1 Å². The van der Waals surface area contributed by atoms with Crippen molar-refractivity contribution in [3.63, 3.8) is 0 Å². The summed E-state index contributed by atoms with van der Waals surface area (Å²) in [4.78, 5) is 44.5. The van der Waals surface area contributed by atoms with Crippen molar-refractivity contribution in [2.75, 3.05) is 46.4 Å². The molecule has 0 saturated carbocycles. The topological polar surface area (TPSA) is 82.2 Å². The predicted molar refractivity (Wildman–Crippen MR) is 143 cm³/mol. The monoisotopic (exact) mass is 544 g/mol. The van der Waals surface area contributed by atoms with Crippen LogP contribution < -0.4 is 5.32 Å². The highest BCUT2D eigenvalue weighted by molar-refractivity contribution is 6.35. The number of urea groups is 1. The molecule has 0 aromatic heterocycles. The molecule has 2 aromatic rings. The number of carbonyl (C=O) groups is 3. The van der Waals surface area contributed by atoms with Gasteiger partial charge in [0.1, 0.15) is 0 Å². The van der Waals surface area contributed by atoms with E-state index in [0.29, 0.717) is 65.2 Å². The standard InChI is InChI=1S/C27H30Cl2N4O4/c1-4-37-26(35)23-22(31(3)27(36)30-24(23)20-10-9-19(28)15-21(20)29)16-32-11-13-33(14-12-32)25(34)18-7-5-17(2)6-8-18/h5-10,15,24H,4,11-14,16H2,1-3H3,(H,30,36). The van der Waals surface area contributed by atoms with Gasteiger partial charge in [0.2, 0.25) is 0 Å². The summed E-state index contributed by atoms with van der Waals surface area (Å²) in [5.74, 6) is -0.522. The molecule has 1 unspecified atom stereocenters. The van der Waals surface area contributed by atoms with Gasteiger partial charge in [-0.1, -0.05) is 47.0 Å². The van der Waals surface area contributed by atoms with Crippen LogP contribution in [0.4, 0.5) is 4.79 Å². The fraction of sp³-hybridized carbons (Fsp3) is 0.370. The molecule has 0 spiro atoms. The Kier molecular flexibility index (Phi) is 8.42. The van der Waals surface area contributed by atoms with Crippen LogP contribution in [0.1, 0.15) is 34.5 Å². The number of rotatable bonds is 6. The Morgan fingerprint density at radius 1 is 1.05 bits per heavy atom. The molecule has 0 bridgehead atoms. The Morgan fingerprint density at radius 2 is 1.73 bits per heavy atom. The van der Waals surface area contributed by atoms with Gasteiger partial charge in [-0.25, -0.2) is 9.59 Å². The second-order valence-electron chi connectivity index (χ2n) is 9.12. The van der Waals surface area contributed by atoms with E-state index in [4.69, 9.17) is 27.9 Å². The van der Waals surface area contributed by atoms with E-state index in [-0.39, 0.29) is 18.5 Å². The average molecular weight is 545 g/mol. The minimum absolute atomic E-state index is 0.00214. The lowest BCUT2D eigenvalue weighted by atomic mass is 9.94. The number of nitrogens with zero attached hydrogens (tertiary/aromatic N) is 3. The maximum Gasteiger partial charge on any atom is 0.338 e. The summed E-state index contributed by atoms with van der Waals surface area (Å²) in [6, 6.07) is 11.4. The van der Waals surface area contributed by atoms with Crippen molar-refractivity contribution in [1.29, 1.82) is 0 Å². The fourth-order valence-corrected chi connectivity index (χ4v) is 5.08. The number of nitrogens with one attached hydrogen (secondary N) is 1. The molecule has 4 rings (SSSR count). The number of amides is 3. The highest BCUT2D eigenvalue weighted by atomic mass is 35.5. The number of piperazine rings is 1. The maximum absolute atomic E-state index is 13.2. The van der Waals surface area contributed by atoms with Gasteiger partial charge in [-0.2, -0.15) is 0 Å². The molecule has 8 nitrogen and oxygen atoms in total. The molecule has 2 heterocycles. The number of halogens is 2. The largest absolute Gasteiger partial charge is 0.463 e. The molecule has 1 fully saturated rings. The molecule has 1 atom stereocenters. The van der Waals surface area contributed by atoms with E-state index < -0.39 is 12.0 Å². The molecular weight excluding hydrogens is 515 g/mol. The minimum Gasteiger partial charge on any atom is -0.463 e. The minimum atomic E-state index is -0.785. The van der Waals surface area contributed by atoms with E-state index in [1.165, 1.54) is 4.90 Å². The van der Waals surface area contributed by atoms with Crippen LogP contribution in [-0.4, -0.2) is 79.0 Å². The summed E-state index contributed by atoms with van der Waals surface area (Å²) >= 11 is 12.5. The molecule has 0 radical (unpaired) electrons. The number of benzene rings is 2. The molecule has 0 aliphatic carbocycles. The first-order valence-electron chi connectivity index (χ1n) is 12.2. The van der Waals surface area contributed by atoms with Crippen LogP contribution in [0.2, 0.25) is 10.0 Å².